The minimum atomic E-state index is -0.791. The molecule has 10 rings (SSSR count). The molecule has 4 aliphatic rings. The first-order valence-corrected chi connectivity index (χ1v) is 26.8. The van der Waals surface area contributed by atoms with Crippen molar-refractivity contribution in [1.29, 1.82) is 0 Å². The van der Waals surface area contributed by atoms with Gasteiger partial charge in [-0.3, -0.25) is 9.59 Å². The van der Waals surface area contributed by atoms with Gasteiger partial charge in [0.15, 0.2) is 11.6 Å². The Morgan fingerprint density at radius 3 is 1.45 bits per heavy atom. The van der Waals surface area contributed by atoms with Crippen LogP contribution in [0.3, 0.4) is 0 Å². The molecule has 0 aliphatic carbocycles. The Hall–Kier alpha value is -7.38. The maximum absolute atomic E-state index is 16.8. The SMILES string of the molecule is COC(=O)N[C@H](C(=O)N1CCC[C@H]1c1nc2ccc([C@H]3CC[C@H](c4ccc5nc([C@@H]6CCCN6C(=O)[C@@H](NC(=O)OC)C(C)C)[nH]c5c4)N3c3cc(F)c(N4CCC(c5cc(F)cc(F)c5)CC4)c(F)c3)cc2[nH]1)C(C)C. The lowest BCUT2D eigenvalue weighted by Crippen LogP contribution is -2.51. The van der Waals surface area contributed by atoms with Crippen LogP contribution in [0.5, 0.6) is 0 Å². The molecule has 0 bridgehead atoms. The van der Waals surface area contributed by atoms with E-state index in [1.54, 1.807) is 14.7 Å². The van der Waals surface area contributed by atoms with Gasteiger partial charge in [0.05, 0.1) is 60.5 Å². The van der Waals surface area contributed by atoms with Crippen LogP contribution in [0.1, 0.15) is 137 Å². The quantitative estimate of drug-likeness (QED) is 0.0813. The molecular formula is C57H66F4N10O6. The van der Waals surface area contributed by atoms with E-state index in [9.17, 15) is 28.0 Å². The van der Waals surface area contributed by atoms with Crippen molar-refractivity contribution in [2.75, 3.05) is 50.2 Å². The number of aromatic nitrogens is 4. The minimum Gasteiger partial charge on any atom is -0.453 e. The molecule has 20 heteroatoms. The number of benzene rings is 4. The van der Waals surface area contributed by atoms with Crippen LogP contribution in [0.4, 0.5) is 38.5 Å². The highest BCUT2D eigenvalue weighted by Gasteiger charge is 2.41. The first kappa shape index (κ1) is 53.0. The smallest absolute Gasteiger partial charge is 0.407 e. The molecule has 2 aromatic heterocycles. The van der Waals surface area contributed by atoms with E-state index in [-0.39, 0.29) is 72.5 Å². The molecule has 0 unspecified atom stereocenters. The number of hydrogen-bond acceptors (Lipinski definition) is 10. The molecule has 408 valence electrons. The van der Waals surface area contributed by atoms with Crippen LogP contribution < -0.4 is 20.4 Å². The van der Waals surface area contributed by atoms with Gasteiger partial charge >= 0.3 is 12.2 Å². The highest BCUT2D eigenvalue weighted by atomic mass is 19.1. The van der Waals surface area contributed by atoms with Crippen LogP contribution in [-0.4, -0.2) is 106 Å². The van der Waals surface area contributed by atoms with Gasteiger partial charge in [0.25, 0.3) is 0 Å². The third kappa shape index (κ3) is 10.6. The lowest BCUT2D eigenvalue weighted by Gasteiger charge is -2.36. The molecule has 4 aliphatic heterocycles. The number of halogens is 4. The maximum Gasteiger partial charge on any atom is 0.407 e. The fraction of sp³-hybridized carbons (Fsp3) is 0.474. The van der Waals surface area contributed by atoms with E-state index < -0.39 is 47.5 Å². The number of likely N-dealkylation sites (tertiary alicyclic amines) is 2. The largest absolute Gasteiger partial charge is 0.453 e. The van der Waals surface area contributed by atoms with Gasteiger partial charge < -0.3 is 49.7 Å². The van der Waals surface area contributed by atoms with Gasteiger partial charge in [-0.15, -0.1) is 0 Å². The van der Waals surface area contributed by atoms with Crippen LogP contribution in [0.2, 0.25) is 0 Å². The van der Waals surface area contributed by atoms with Gasteiger partial charge in [-0.2, -0.15) is 0 Å². The van der Waals surface area contributed by atoms with Gasteiger partial charge in [-0.05, 0) is 134 Å². The molecule has 4 aromatic carbocycles. The number of anilines is 2. The number of aromatic amines is 2. The number of imidazole rings is 2. The van der Waals surface area contributed by atoms with Gasteiger partial charge in [0, 0.05) is 37.9 Å². The Morgan fingerprint density at radius 1 is 0.571 bits per heavy atom. The van der Waals surface area contributed by atoms with E-state index in [4.69, 9.17) is 19.4 Å². The predicted molar refractivity (Wildman–Crippen MR) is 282 cm³/mol. The second-order valence-corrected chi connectivity index (χ2v) is 21.6. The summed E-state index contributed by atoms with van der Waals surface area (Å²) in [4.78, 5) is 76.6. The van der Waals surface area contributed by atoms with E-state index in [1.807, 2.05) is 64.1 Å². The number of amides is 4. The van der Waals surface area contributed by atoms with Crippen LogP contribution in [0.25, 0.3) is 22.1 Å². The second-order valence-electron chi connectivity index (χ2n) is 21.6. The van der Waals surface area contributed by atoms with Gasteiger partial charge in [0.1, 0.15) is 41.1 Å². The van der Waals surface area contributed by atoms with Crippen molar-refractivity contribution in [3.8, 4) is 0 Å². The molecule has 6 aromatic rings. The summed E-state index contributed by atoms with van der Waals surface area (Å²) in [7, 11) is 2.52. The normalized spacial score (nSPS) is 20.9. The third-order valence-corrected chi connectivity index (χ3v) is 16.2. The molecule has 77 heavy (non-hydrogen) atoms. The van der Waals surface area contributed by atoms with Crippen molar-refractivity contribution in [3.05, 3.63) is 118 Å². The van der Waals surface area contributed by atoms with E-state index in [0.29, 0.717) is 85.5 Å². The predicted octanol–water partition coefficient (Wildman–Crippen LogP) is 10.6. The van der Waals surface area contributed by atoms with Crippen LogP contribution in [-0.2, 0) is 19.1 Å². The number of nitrogens with zero attached hydrogens (tertiary/aromatic N) is 6. The number of carbonyl (C=O) groups excluding carboxylic acids is 4. The average molecular weight is 1060 g/mol. The standard InChI is InChI=1S/C57H66F4N10O6/c1-30(2)49(66-56(74)76-5)54(72)69-19-7-9-47(69)52-62-41-13-11-33(25-43(41)64-52)45-15-16-46(71(45)38-28-39(60)51(40(61)29-38)68-21-17-32(18-22-68)35-23-36(58)27-37(59)24-35)34-12-14-42-44(26-34)65-53(63-42)48-10-8-20-70(48)55(73)50(31(3)4)67-57(75)77-6/h11-14,23-32,45-50H,7-10,15-22H2,1-6H3,(H,62,64)(H,63,65)(H,66,74)(H,67,75)/t45-,46-,47+,48+,49+,50+/m1/s1. The fourth-order valence-electron chi connectivity index (χ4n) is 12.3. The van der Waals surface area contributed by atoms with Crippen molar-refractivity contribution in [2.24, 2.45) is 11.8 Å². The topological polar surface area (TPSA) is 181 Å². The number of fused-ring (bicyclic) bond motifs is 2. The third-order valence-electron chi connectivity index (χ3n) is 16.2. The van der Waals surface area contributed by atoms with E-state index in [2.05, 4.69) is 25.5 Å². The van der Waals surface area contributed by atoms with Gasteiger partial charge in [-0.1, -0.05) is 39.8 Å². The highest BCUT2D eigenvalue weighted by Crippen LogP contribution is 2.49. The molecule has 4 N–H and O–H groups in total. The summed E-state index contributed by atoms with van der Waals surface area (Å²) in [5, 5.41) is 5.40. The molecule has 4 fully saturated rings. The number of hydrogen-bond donors (Lipinski definition) is 4. The van der Waals surface area contributed by atoms with E-state index in [0.717, 1.165) is 41.1 Å². The number of H-pyrrole nitrogens is 2. The zero-order valence-electron chi connectivity index (χ0n) is 44.2. The number of methoxy groups -OCH3 is 2. The Labute approximate surface area is 444 Å². The summed E-state index contributed by atoms with van der Waals surface area (Å²) in [5.41, 5.74) is 5.33. The summed E-state index contributed by atoms with van der Waals surface area (Å²) in [5.74, 6) is -2.54. The Balaban J connectivity index is 0.965. The first-order chi connectivity index (χ1) is 37.0. The number of piperidine rings is 1. The van der Waals surface area contributed by atoms with Crippen molar-refractivity contribution in [2.45, 2.75) is 121 Å². The Morgan fingerprint density at radius 2 is 1.03 bits per heavy atom. The molecule has 6 heterocycles. The maximum atomic E-state index is 16.8. The van der Waals surface area contributed by atoms with Crippen LogP contribution >= 0.6 is 0 Å². The minimum absolute atomic E-state index is 0.150. The highest BCUT2D eigenvalue weighted by molar-refractivity contribution is 5.88. The summed E-state index contributed by atoms with van der Waals surface area (Å²) in [6, 6.07) is 15.1. The second kappa shape index (κ2) is 21.9. The summed E-state index contributed by atoms with van der Waals surface area (Å²) in [6.45, 7) is 9.03. The number of nitrogens with one attached hydrogen (secondary N) is 4. The Kier molecular flexibility index (Phi) is 15.1. The van der Waals surface area contributed by atoms with Crippen molar-refractivity contribution < 1.29 is 46.2 Å². The monoisotopic (exact) mass is 1060 g/mol. The molecule has 6 atom stereocenters. The molecular weight excluding hydrogens is 997 g/mol. The summed E-state index contributed by atoms with van der Waals surface area (Å²) >= 11 is 0. The molecule has 0 radical (unpaired) electrons. The molecule has 4 amide bonds. The Bertz CT molecular complexity index is 3000. The fourth-order valence-corrected chi connectivity index (χ4v) is 12.3. The van der Waals surface area contributed by atoms with Gasteiger partial charge in [0.2, 0.25) is 11.8 Å². The zero-order valence-corrected chi connectivity index (χ0v) is 44.2. The first-order valence-electron chi connectivity index (χ1n) is 26.8. The van der Waals surface area contributed by atoms with Crippen molar-refractivity contribution in [3.63, 3.8) is 0 Å². The van der Waals surface area contributed by atoms with E-state index >= 15 is 8.78 Å². The van der Waals surface area contributed by atoms with Crippen molar-refractivity contribution >= 4 is 57.4 Å². The number of rotatable bonds is 13. The average Bonchev–Trinajstić information content (AvgIpc) is 4.29. The molecule has 4 saturated heterocycles. The summed E-state index contributed by atoms with van der Waals surface area (Å²) < 4.78 is 71.6. The lowest BCUT2D eigenvalue weighted by atomic mass is 9.89. The lowest BCUT2D eigenvalue weighted by molar-refractivity contribution is -0.136. The van der Waals surface area contributed by atoms with Gasteiger partial charge in [-0.25, -0.2) is 37.1 Å². The summed E-state index contributed by atoms with van der Waals surface area (Å²) in [6.07, 6.45) is 3.62. The number of ether oxygens (including phenoxy) is 2. The van der Waals surface area contributed by atoms with E-state index in [1.165, 1.54) is 38.5 Å². The molecule has 16 nitrogen and oxygen atoms in total. The van der Waals surface area contributed by atoms with Crippen LogP contribution in [0, 0.1) is 35.1 Å². The van der Waals surface area contributed by atoms with Crippen molar-refractivity contribution in [1.82, 2.24) is 40.4 Å². The zero-order chi connectivity index (χ0) is 54.4. The molecule has 0 saturated carbocycles. The molecule has 0 spiro atoms. The number of alkyl carbamates (subject to hydrolysis) is 2. The van der Waals surface area contributed by atoms with Crippen LogP contribution in [0.15, 0.2) is 66.7 Å². The number of carbonyl (C=O) groups is 4.